The number of hydrogen-bond acceptors (Lipinski definition) is 5. The fourth-order valence-corrected chi connectivity index (χ4v) is 4.40. The number of hydrogen-bond donors (Lipinski definition) is 1. The van der Waals surface area contributed by atoms with Gasteiger partial charge in [-0.05, 0) is 65.0 Å². The van der Waals surface area contributed by atoms with Gasteiger partial charge in [0.1, 0.15) is 17.6 Å². The summed E-state index contributed by atoms with van der Waals surface area (Å²) in [6.07, 6.45) is 3.21. The summed E-state index contributed by atoms with van der Waals surface area (Å²) in [5, 5.41) is 4.81. The molecule has 2 heterocycles. The molecule has 0 radical (unpaired) electrons. The minimum atomic E-state index is -1.02. The quantitative estimate of drug-likeness (QED) is 0.362. The van der Waals surface area contributed by atoms with Crippen molar-refractivity contribution in [3.05, 3.63) is 112 Å². The van der Waals surface area contributed by atoms with E-state index in [4.69, 9.17) is 4.74 Å². The zero-order chi connectivity index (χ0) is 24.6. The van der Waals surface area contributed by atoms with Crippen molar-refractivity contribution >= 4 is 28.8 Å². The first-order valence-electron chi connectivity index (χ1n) is 11.0. The zero-order valence-corrected chi connectivity index (χ0v) is 19.9. The Bertz CT molecular complexity index is 1260. The van der Waals surface area contributed by atoms with E-state index >= 15 is 0 Å². The van der Waals surface area contributed by atoms with Gasteiger partial charge in [-0.2, -0.15) is 0 Å². The van der Waals surface area contributed by atoms with E-state index in [1.54, 1.807) is 37.7 Å². The number of halogens is 1. The molecule has 178 valence electrons. The van der Waals surface area contributed by atoms with E-state index in [0.29, 0.717) is 17.0 Å². The van der Waals surface area contributed by atoms with Crippen LogP contribution in [-0.2, 0) is 22.6 Å². The van der Waals surface area contributed by atoms with Crippen LogP contribution in [0.1, 0.15) is 22.0 Å². The van der Waals surface area contributed by atoms with Crippen LogP contribution in [-0.4, -0.2) is 23.9 Å². The maximum Gasteiger partial charge on any atom is 0.248 e. The number of methoxy groups -OCH3 is 1. The summed E-state index contributed by atoms with van der Waals surface area (Å²) in [4.78, 5) is 33.4. The summed E-state index contributed by atoms with van der Waals surface area (Å²) < 4.78 is 19.4. The third kappa shape index (κ3) is 6.10. The summed E-state index contributed by atoms with van der Waals surface area (Å²) in [6.45, 7) is 0.251. The molecular weight excluding hydrogens is 465 g/mol. The first-order chi connectivity index (χ1) is 17.0. The smallest absolute Gasteiger partial charge is 0.248 e. The number of benzene rings is 2. The molecule has 4 rings (SSSR count). The maximum atomic E-state index is 14.2. The number of rotatable bonds is 9. The van der Waals surface area contributed by atoms with E-state index in [1.807, 2.05) is 41.8 Å². The van der Waals surface area contributed by atoms with Crippen molar-refractivity contribution in [2.24, 2.45) is 0 Å². The lowest BCUT2D eigenvalue weighted by atomic mass is 10.0. The van der Waals surface area contributed by atoms with Gasteiger partial charge in [0.05, 0.1) is 13.5 Å². The fraction of sp³-hybridized carbons (Fsp3) is 0.148. The van der Waals surface area contributed by atoms with Crippen molar-refractivity contribution < 1.29 is 18.7 Å². The molecule has 4 aromatic rings. The number of carbonyl (C=O) groups is 2. The van der Waals surface area contributed by atoms with E-state index in [2.05, 4.69) is 10.3 Å². The molecular formula is C27H24FN3O3S. The lowest BCUT2D eigenvalue weighted by Gasteiger charge is -2.31. The van der Waals surface area contributed by atoms with E-state index in [0.717, 1.165) is 10.4 Å². The summed E-state index contributed by atoms with van der Waals surface area (Å²) in [5.41, 5.74) is 1.74. The average Bonchev–Trinajstić information content (AvgIpc) is 3.39. The molecule has 0 unspecified atom stereocenters. The van der Waals surface area contributed by atoms with Gasteiger partial charge in [-0.1, -0.05) is 24.3 Å². The molecule has 0 bridgehead atoms. The van der Waals surface area contributed by atoms with Gasteiger partial charge < -0.3 is 10.1 Å². The van der Waals surface area contributed by atoms with Crippen LogP contribution in [0.4, 0.5) is 10.1 Å². The van der Waals surface area contributed by atoms with Crippen molar-refractivity contribution in [2.75, 3.05) is 12.0 Å². The fourth-order valence-electron chi connectivity index (χ4n) is 3.70. The topological polar surface area (TPSA) is 71.5 Å². The highest BCUT2D eigenvalue weighted by Gasteiger charge is 2.33. The average molecular weight is 490 g/mol. The standard InChI is InChI=1S/C27H24FN3O3S/c1-34-23-9-7-19(8-10-23)18-30-27(33)26(20-11-13-29-14-12-20)31(22-5-2-4-21(28)16-22)25(32)17-24-6-3-15-35-24/h2-16,26H,17-18H2,1H3,(H,30,33)/t26-/m0/s1. The molecule has 0 aliphatic carbocycles. The van der Waals surface area contributed by atoms with E-state index in [-0.39, 0.29) is 18.9 Å². The SMILES string of the molecule is COc1ccc(CNC(=O)[C@H](c2ccncc2)N(C(=O)Cc2cccs2)c2cccc(F)c2)cc1. The largest absolute Gasteiger partial charge is 0.497 e. The van der Waals surface area contributed by atoms with Crippen molar-refractivity contribution in [3.8, 4) is 5.75 Å². The number of pyridine rings is 1. The lowest BCUT2D eigenvalue weighted by molar-refractivity contribution is -0.126. The van der Waals surface area contributed by atoms with Gasteiger partial charge in [-0.25, -0.2) is 4.39 Å². The lowest BCUT2D eigenvalue weighted by Crippen LogP contribution is -2.44. The van der Waals surface area contributed by atoms with Gasteiger partial charge in [-0.15, -0.1) is 11.3 Å². The van der Waals surface area contributed by atoms with Gasteiger partial charge in [0, 0.05) is 29.5 Å². The van der Waals surface area contributed by atoms with Crippen molar-refractivity contribution in [1.82, 2.24) is 10.3 Å². The van der Waals surface area contributed by atoms with Crippen LogP contribution in [0.25, 0.3) is 0 Å². The van der Waals surface area contributed by atoms with E-state index in [9.17, 15) is 14.0 Å². The summed E-state index contributed by atoms with van der Waals surface area (Å²) in [7, 11) is 1.59. The molecule has 35 heavy (non-hydrogen) atoms. The molecule has 1 N–H and O–H groups in total. The Kier molecular flexibility index (Phi) is 7.84. The third-order valence-corrected chi connectivity index (χ3v) is 6.29. The number of thiophene rings is 1. The van der Waals surface area contributed by atoms with Crippen molar-refractivity contribution in [3.63, 3.8) is 0 Å². The first kappa shape index (κ1) is 24.1. The molecule has 0 fully saturated rings. The van der Waals surface area contributed by atoms with E-state index < -0.39 is 17.8 Å². The molecule has 0 saturated heterocycles. The van der Waals surface area contributed by atoms with E-state index in [1.165, 1.54) is 34.4 Å². The molecule has 0 aliphatic rings. The highest BCUT2D eigenvalue weighted by atomic mass is 32.1. The van der Waals surface area contributed by atoms with Crippen LogP contribution in [0, 0.1) is 5.82 Å². The summed E-state index contributed by atoms with van der Waals surface area (Å²) in [5.74, 6) is -0.495. The first-order valence-corrected chi connectivity index (χ1v) is 11.8. The van der Waals surface area contributed by atoms with Crippen LogP contribution in [0.2, 0.25) is 0 Å². The summed E-state index contributed by atoms with van der Waals surface area (Å²) >= 11 is 1.45. The molecule has 6 nitrogen and oxygen atoms in total. The van der Waals surface area contributed by atoms with Crippen molar-refractivity contribution in [2.45, 2.75) is 19.0 Å². The second-order valence-corrected chi connectivity index (χ2v) is 8.78. The predicted molar refractivity (Wildman–Crippen MR) is 134 cm³/mol. The number of nitrogens with one attached hydrogen (secondary N) is 1. The monoisotopic (exact) mass is 489 g/mol. The number of carbonyl (C=O) groups excluding carboxylic acids is 2. The zero-order valence-electron chi connectivity index (χ0n) is 19.1. The van der Waals surface area contributed by atoms with Crippen LogP contribution in [0.15, 0.2) is 90.6 Å². The Morgan fingerprint density at radius 2 is 1.83 bits per heavy atom. The highest BCUT2D eigenvalue weighted by Crippen LogP contribution is 2.30. The van der Waals surface area contributed by atoms with Gasteiger partial charge in [0.2, 0.25) is 11.8 Å². The molecule has 2 aromatic heterocycles. The van der Waals surface area contributed by atoms with Crippen LogP contribution in [0.3, 0.4) is 0 Å². The number of aromatic nitrogens is 1. The normalized spacial score (nSPS) is 11.5. The van der Waals surface area contributed by atoms with Gasteiger partial charge in [0.15, 0.2) is 0 Å². The second-order valence-electron chi connectivity index (χ2n) is 7.75. The Morgan fingerprint density at radius 3 is 2.49 bits per heavy atom. The Labute approximate surface area is 207 Å². The highest BCUT2D eigenvalue weighted by molar-refractivity contribution is 7.10. The minimum absolute atomic E-state index is 0.0848. The molecule has 8 heteroatoms. The molecule has 0 saturated carbocycles. The number of anilines is 1. The number of nitrogens with zero attached hydrogens (tertiary/aromatic N) is 2. The Balaban J connectivity index is 1.68. The molecule has 1 atom stereocenters. The van der Waals surface area contributed by atoms with Crippen molar-refractivity contribution in [1.29, 1.82) is 0 Å². The van der Waals surface area contributed by atoms with Crippen LogP contribution < -0.4 is 15.0 Å². The molecule has 0 aliphatic heterocycles. The second kappa shape index (κ2) is 11.4. The third-order valence-electron chi connectivity index (χ3n) is 5.41. The number of amides is 2. The molecule has 2 amide bonds. The van der Waals surface area contributed by atoms with Gasteiger partial charge >= 0.3 is 0 Å². The molecule has 0 spiro atoms. The van der Waals surface area contributed by atoms with Gasteiger partial charge in [-0.3, -0.25) is 19.5 Å². The Hall–Kier alpha value is -4.04. The maximum absolute atomic E-state index is 14.2. The number of ether oxygens (including phenoxy) is 1. The minimum Gasteiger partial charge on any atom is -0.497 e. The van der Waals surface area contributed by atoms with Crippen LogP contribution >= 0.6 is 11.3 Å². The molecule has 2 aromatic carbocycles. The summed E-state index contributed by atoms with van der Waals surface area (Å²) in [6, 6.07) is 19.1. The predicted octanol–water partition coefficient (Wildman–Crippen LogP) is 4.92. The van der Waals surface area contributed by atoms with Gasteiger partial charge in [0.25, 0.3) is 0 Å². The van der Waals surface area contributed by atoms with Crippen LogP contribution in [0.5, 0.6) is 5.75 Å². The Morgan fingerprint density at radius 1 is 1.06 bits per heavy atom.